The van der Waals surface area contributed by atoms with Gasteiger partial charge in [-0.1, -0.05) is 26.0 Å². The fourth-order valence-electron chi connectivity index (χ4n) is 2.08. The molecule has 0 saturated heterocycles. The summed E-state index contributed by atoms with van der Waals surface area (Å²) in [6.45, 7) is 4.86. The van der Waals surface area contributed by atoms with E-state index < -0.39 is 0 Å². The molecule has 1 aromatic carbocycles. The molecule has 4 heteroatoms. The lowest BCUT2D eigenvalue weighted by molar-refractivity contribution is 0.234. The summed E-state index contributed by atoms with van der Waals surface area (Å²) in [6.07, 6.45) is 1.99. The number of hydrogen-bond donors (Lipinski definition) is 2. The van der Waals surface area contributed by atoms with Crippen LogP contribution in [0.2, 0.25) is 0 Å². The van der Waals surface area contributed by atoms with Gasteiger partial charge in [-0.15, -0.1) is 0 Å². The SMILES string of the molecule is COc1ccc(C2(NC(=O)NCC(C)C)CC2)cc1. The third kappa shape index (κ3) is 3.40. The van der Waals surface area contributed by atoms with Crippen LogP contribution in [0, 0.1) is 5.92 Å². The first-order valence-corrected chi connectivity index (χ1v) is 6.76. The number of carbonyl (C=O) groups is 1. The van der Waals surface area contributed by atoms with Crippen LogP contribution in [-0.2, 0) is 5.54 Å². The molecule has 0 heterocycles. The monoisotopic (exact) mass is 262 g/mol. The first-order chi connectivity index (χ1) is 9.05. The molecular weight excluding hydrogens is 240 g/mol. The molecule has 1 saturated carbocycles. The molecule has 19 heavy (non-hydrogen) atoms. The Balaban J connectivity index is 1.96. The number of urea groups is 1. The fraction of sp³-hybridized carbons (Fsp3) is 0.533. The van der Waals surface area contributed by atoms with Crippen LogP contribution in [0.15, 0.2) is 24.3 Å². The summed E-state index contributed by atoms with van der Waals surface area (Å²) in [5, 5.41) is 5.98. The van der Waals surface area contributed by atoms with Crippen molar-refractivity contribution in [3.8, 4) is 5.75 Å². The number of benzene rings is 1. The Morgan fingerprint density at radius 1 is 1.32 bits per heavy atom. The molecule has 4 nitrogen and oxygen atoms in total. The maximum absolute atomic E-state index is 11.9. The number of nitrogens with one attached hydrogen (secondary N) is 2. The molecule has 0 unspecified atom stereocenters. The molecule has 1 fully saturated rings. The van der Waals surface area contributed by atoms with Crippen LogP contribution in [0.4, 0.5) is 4.79 Å². The topological polar surface area (TPSA) is 50.4 Å². The van der Waals surface area contributed by atoms with Crippen molar-refractivity contribution >= 4 is 6.03 Å². The van der Waals surface area contributed by atoms with Gasteiger partial charge in [0.2, 0.25) is 0 Å². The second kappa shape index (κ2) is 5.51. The lowest BCUT2D eigenvalue weighted by atomic mass is 10.1. The molecule has 0 spiro atoms. The van der Waals surface area contributed by atoms with Crippen molar-refractivity contribution in [2.75, 3.05) is 13.7 Å². The summed E-state index contributed by atoms with van der Waals surface area (Å²) in [7, 11) is 1.65. The first kappa shape index (κ1) is 13.7. The predicted octanol–water partition coefficient (Wildman–Crippen LogP) is 2.64. The highest BCUT2D eigenvalue weighted by Gasteiger charge is 2.45. The van der Waals surface area contributed by atoms with Crippen molar-refractivity contribution in [2.45, 2.75) is 32.2 Å². The lowest BCUT2D eigenvalue weighted by Crippen LogP contribution is -2.43. The zero-order valence-corrected chi connectivity index (χ0v) is 11.8. The third-order valence-electron chi connectivity index (χ3n) is 3.42. The minimum Gasteiger partial charge on any atom is -0.497 e. The normalized spacial score (nSPS) is 16.0. The number of ether oxygens (including phenoxy) is 1. The maximum Gasteiger partial charge on any atom is 0.315 e. The highest BCUT2D eigenvalue weighted by molar-refractivity contribution is 5.75. The van der Waals surface area contributed by atoms with Gasteiger partial charge in [0.15, 0.2) is 0 Å². The summed E-state index contributed by atoms with van der Waals surface area (Å²) < 4.78 is 5.15. The van der Waals surface area contributed by atoms with Crippen LogP contribution in [-0.4, -0.2) is 19.7 Å². The molecule has 0 bridgehead atoms. The number of rotatable bonds is 5. The molecule has 2 amide bonds. The van der Waals surface area contributed by atoms with Gasteiger partial charge in [-0.3, -0.25) is 0 Å². The Morgan fingerprint density at radius 3 is 2.42 bits per heavy atom. The Labute approximate surface area is 114 Å². The first-order valence-electron chi connectivity index (χ1n) is 6.76. The van der Waals surface area contributed by atoms with Gasteiger partial charge in [0.25, 0.3) is 0 Å². The van der Waals surface area contributed by atoms with Crippen molar-refractivity contribution in [1.82, 2.24) is 10.6 Å². The second-order valence-electron chi connectivity index (χ2n) is 5.54. The fourth-order valence-corrected chi connectivity index (χ4v) is 2.08. The van der Waals surface area contributed by atoms with Gasteiger partial charge in [0.1, 0.15) is 5.75 Å². The van der Waals surface area contributed by atoms with E-state index in [2.05, 4.69) is 24.5 Å². The summed E-state index contributed by atoms with van der Waals surface area (Å²) >= 11 is 0. The number of amides is 2. The van der Waals surface area contributed by atoms with E-state index in [9.17, 15) is 4.79 Å². The van der Waals surface area contributed by atoms with E-state index in [-0.39, 0.29) is 11.6 Å². The van der Waals surface area contributed by atoms with Crippen molar-refractivity contribution in [2.24, 2.45) is 5.92 Å². The molecule has 104 valence electrons. The summed E-state index contributed by atoms with van der Waals surface area (Å²) in [4.78, 5) is 11.9. The minimum absolute atomic E-state index is 0.0815. The van der Waals surface area contributed by atoms with Crippen molar-refractivity contribution in [3.05, 3.63) is 29.8 Å². The smallest absolute Gasteiger partial charge is 0.315 e. The second-order valence-corrected chi connectivity index (χ2v) is 5.54. The Bertz CT molecular complexity index is 436. The largest absolute Gasteiger partial charge is 0.497 e. The lowest BCUT2D eigenvalue weighted by Gasteiger charge is -2.19. The van der Waals surface area contributed by atoms with Crippen molar-refractivity contribution < 1.29 is 9.53 Å². The zero-order chi connectivity index (χ0) is 13.9. The van der Waals surface area contributed by atoms with Gasteiger partial charge >= 0.3 is 6.03 Å². The predicted molar refractivity (Wildman–Crippen MR) is 75.3 cm³/mol. The van der Waals surface area contributed by atoms with Gasteiger partial charge in [0.05, 0.1) is 12.6 Å². The number of hydrogen-bond acceptors (Lipinski definition) is 2. The Morgan fingerprint density at radius 2 is 1.95 bits per heavy atom. The van der Waals surface area contributed by atoms with Gasteiger partial charge < -0.3 is 15.4 Å². The zero-order valence-electron chi connectivity index (χ0n) is 11.8. The molecule has 1 aromatic rings. The Hall–Kier alpha value is -1.71. The van der Waals surface area contributed by atoms with E-state index in [1.165, 1.54) is 0 Å². The molecule has 0 aromatic heterocycles. The molecule has 0 aliphatic heterocycles. The highest BCUT2D eigenvalue weighted by atomic mass is 16.5. The molecule has 1 aliphatic rings. The molecule has 1 aliphatic carbocycles. The number of carbonyl (C=O) groups excluding carboxylic acids is 1. The third-order valence-corrected chi connectivity index (χ3v) is 3.42. The van der Waals surface area contributed by atoms with Gasteiger partial charge in [-0.05, 0) is 36.5 Å². The maximum atomic E-state index is 11.9. The highest BCUT2D eigenvalue weighted by Crippen LogP contribution is 2.45. The van der Waals surface area contributed by atoms with E-state index in [0.717, 1.165) is 24.2 Å². The van der Waals surface area contributed by atoms with Crippen LogP contribution < -0.4 is 15.4 Å². The summed E-state index contributed by atoms with van der Waals surface area (Å²) in [6, 6.07) is 7.83. The minimum atomic E-state index is -0.173. The van der Waals surface area contributed by atoms with E-state index in [1.807, 2.05) is 24.3 Å². The molecule has 2 N–H and O–H groups in total. The van der Waals surface area contributed by atoms with E-state index in [0.29, 0.717) is 12.5 Å². The average Bonchev–Trinajstić information content (AvgIpc) is 3.17. The van der Waals surface area contributed by atoms with Gasteiger partial charge in [-0.2, -0.15) is 0 Å². The molecule has 0 atom stereocenters. The van der Waals surface area contributed by atoms with Crippen LogP contribution in [0.3, 0.4) is 0 Å². The molecule has 0 radical (unpaired) electrons. The van der Waals surface area contributed by atoms with Crippen LogP contribution in [0.1, 0.15) is 32.3 Å². The molecular formula is C15H22N2O2. The van der Waals surface area contributed by atoms with Crippen LogP contribution >= 0.6 is 0 Å². The van der Waals surface area contributed by atoms with E-state index in [4.69, 9.17) is 4.74 Å². The van der Waals surface area contributed by atoms with E-state index >= 15 is 0 Å². The summed E-state index contributed by atoms with van der Waals surface area (Å²) in [5.41, 5.74) is 0.973. The van der Waals surface area contributed by atoms with Crippen LogP contribution in [0.5, 0.6) is 5.75 Å². The van der Waals surface area contributed by atoms with Gasteiger partial charge in [0, 0.05) is 6.54 Å². The average molecular weight is 262 g/mol. The molecule has 2 rings (SSSR count). The van der Waals surface area contributed by atoms with Crippen molar-refractivity contribution in [1.29, 1.82) is 0 Å². The van der Waals surface area contributed by atoms with Crippen molar-refractivity contribution in [3.63, 3.8) is 0 Å². The van der Waals surface area contributed by atoms with Gasteiger partial charge in [-0.25, -0.2) is 4.79 Å². The number of methoxy groups -OCH3 is 1. The Kier molecular flexibility index (Phi) is 3.98. The summed E-state index contributed by atoms with van der Waals surface area (Å²) in [5.74, 6) is 1.30. The van der Waals surface area contributed by atoms with E-state index in [1.54, 1.807) is 7.11 Å². The quantitative estimate of drug-likeness (QED) is 0.857. The standard InChI is InChI=1S/C15H22N2O2/c1-11(2)10-16-14(18)17-15(8-9-15)12-4-6-13(19-3)7-5-12/h4-7,11H,8-10H2,1-3H3,(H2,16,17,18). The van der Waals surface area contributed by atoms with Crippen LogP contribution in [0.25, 0.3) is 0 Å².